The molecule has 0 N–H and O–H groups in total. The smallest absolute Gasteiger partial charge is 0.365 e. The number of piperidine rings is 1. The molecule has 33 heavy (non-hydrogen) atoms. The summed E-state index contributed by atoms with van der Waals surface area (Å²) in [4.78, 5) is 2.42. The van der Waals surface area contributed by atoms with Gasteiger partial charge in [0.15, 0.2) is 0 Å². The van der Waals surface area contributed by atoms with Crippen molar-refractivity contribution < 1.29 is 18.1 Å². The second-order valence-electron chi connectivity index (χ2n) is 8.21. The first-order valence-corrected chi connectivity index (χ1v) is 12.6. The van der Waals surface area contributed by atoms with E-state index < -0.39 is 7.82 Å². The molecule has 0 unspecified atom stereocenters. The Morgan fingerprint density at radius 2 is 1.52 bits per heavy atom. The molecule has 2 aromatic rings. The molecule has 0 aliphatic carbocycles. The molecular formula is C24H25N4O4P. The Balaban J connectivity index is 1.52. The number of hydrogen-bond donors (Lipinski definition) is 0. The van der Waals surface area contributed by atoms with Crippen LogP contribution >= 0.6 is 7.82 Å². The molecule has 3 atom stereocenters. The average Bonchev–Trinajstić information content (AvgIpc) is 3.08. The third kappa shape index (κ3) is 5.03. The summed E-state index contributed by atoms with van der Waals surface area (Å²) in [6, 6.07) is 18.4. The van der Waals surface area contributed by atoms with Gasteiger partial charge in [0.1, 0.15) is 0 Å². The van der Waals surface area contributed by atoms with E-state index in [1.54, 1.807) is 0 Å². The van der Waals surface area contributed by atoms with Crippen LogP contribution in [0.2, 0.25) is 0 Å². The van der Waals surface area contributed by atoms with Gasteiger partial charge in [-0.1, -0.05) is 24.3 Å². The molecule has 2 saturated heterocycles. The molecule has 0 radical (unpaired) electrons. The van der Waals surface area contributed by atoms with Gasteiger partial charge in [0.05, 0.1) is 55.9 Å². The van der Waals surface area contributed by atoms with Crippen molar-refractivity contribution in [2.24, 2.45) is 0 Å². The van der Waals surface area contributed by atoms with Gasteiger partial charge in [0.25, 0.3) is 0 Å². The van der Waals surface area contributed by atoms with Gasteiger partial charge >= 0.3 is 7.82 Å². The Kier molecular flexibility index (Phi) is 7.29. The average molecular weight is 464 g/mol. The Hall–Kier alpha value is -2.92. The van der Waals surface area contributed by atoms with Gasteiger partial charge in [-0.25, -0.2) is 4.57 Å². The number of fused-ring (bicyclic) bond motifs is 3. The van der Waals surface area contributed by atoms with E-state index in [1.165, 1.54) is 0 Å². The maximum absolute atomic E-state index is 13.1. The minimum absolute atomic E-state index is 0.0523. The SMILES string of the molecule is N#CCCOP(=O)(OCCC#N)O[C@H]1C[C@H]2CC[C@@H](C1)N2c1ccc(C#N)c2ccccc12. The number of phosphoric acid groups is 1. The molecule has 2 bridgehead atoms. The molecule has 0 spiro atoms. The lowest BCUT2D eigenvalue weighted by molar-refractivity contribution is 0.0621. The summed E-state index contributed by atoms with van der Waals surface area (Å²) in [6.07, 6.45) is 3.16. The van der Waals surface area contributed by atoms with Crippen molar-refractivity contribution in [3.8, 4) is 18.2 Å². The quantitative estimate of drug-likeness (QED) is 0.367. The van der Waals surface area contributed by atoms with Crippen molar-refractivity contribution in [1.82, 2.24) is 0 Å². The van der Waals surface area contributed by atoms with Crippen molar-refractivity contribution in [2.45, 2.75) is 56.7 Å². The lowest BCUT2D eigenvalue weighted by atomic mass is 9.96. The fourth-order valence-electron chi connectivity index (χ4n) is 4.90. The summed E-state index contributed by atoms with van der Waals surface area (Å²) < 4.78 is 29.7. The molecule has 2 fully saturated rings. The summed E-state index contributed by atoms with van der Waals surface area (Å²) in [5, 5.41) is 29.0. The van der Waals surface area contributed by atoms with Crippen molar-refractivity contribution in [3.63, 3.8) is 0 Å². The van der Waals surface area contributed by atoms with Crippen LogP contribution in [-0.4, -0.2) is 31.4 Å². The first-order chi connectivity index (χ1) is 16.1. The predicted molar refractivity (Wildman–Crippen MR) is 122 cm³/mol. The van der Waals surface area contributed by atoms with Crippen LogP contribution in [0.25, 0.3) is 10.8 Å². The van der Waals surface area contributed by atoms with Crippen LogP contribution in [-0.2, 0) is 18.1 Å². The van der Waals surface area contributed by atoms with E-state index >= 15 is 0 Å². The Morgan fingerprint density at radius 1 is 0.909 bits per heavy atom. The fourth-order valence-corrected chi connectivity index (χ4v) is 6.26. The molecule has 2 heterocycles. The molecule has 170 valence electrons. The number of phosphoric ester groups is 1. The van der Waals surface area contributed by atoms with Gasteiger partial charge < -0.3 is 4.90 Å². The minimum Gasteiger partial charge on any atom is -0.365 e. The molecule has 2 aliphatic heterocycles. The number of rotatable bonds is 9. The Morgan fingerprint density at radius 3 is 2.09 bits per heavy atom. The third-order valence-corrected chi connectivity index (χ3v) is 7.75. The third-order valence-electron chi connectivity index (χ3n) is 6.19. The number of anilines is 1. The van der Waals surface area contributed by atoms with E-state index in [0.717, 1.165) is 29.3 Å². The van der Waals surface area contributed by atoms with E-state index in [9.17, 15) is 9.83 Å². The molecule has 2 aromatic carbocycles. The van der Waals surface area contributed by atoms with E-state index in [4.69, 9.17) is 24.1 Å². The van der Waals surface area contributed by atoms with Gasteiger partial charge in [-0.15, -0.1) is 0 Å². The van der Waals surface area contributed by atoms with Gasteiger partial charge in [-0.2, -0.15) is 15.8 Å². The molecule has 8 nitrogen and oxygen atoms in total. The van der Waals surface area contributed by atoms with Crippen LogP contribution in [0.4, 0.5) is 5.69 Å². The van der Waals surface area contributed by atoms with Gasteiger partial charge in [-0.05, 0) is 37.8 Å². The van der Waals surface area contributed by atoms with Gasteiger partial charge in [0.2, 0.25) is 0 Å². The van der Waals surface area contributed by atoms with Crippen LogP contribution in [0, 0.1) is 34.0 Å². The zero-order valence-corrected chi connectivity index (χ0v) is 19.1. The lowest BCUT2D eigenvalue weighted by Crippen LogP contribution is -2.45. The summed E-state index contributed by atoms with van der Waals surface area (Å²) in [6.45, 7) is -0.105. The van der Waals surface area contributed by atoms with Crippen molar-refractivity contribution in [3.05, 3.63) is 42.0 Å². The molecule has 0 amide bonds. The van der Waals surface area contributed by atoms with Crippen LogP contribution in [0.15, 0.2) is 36.4 Å². The second-order valence-corrected chi connectivity index (χ2v) is 9.83. The van der Waals surface area contributed by atoms with Crippen molar-refractivity contribution in [2.75, 3.05) is 18.1 Å². The van der Waals surface area contributed by atoms with Crippen LogP contribution in [0.5, 0.6) is 0 Å². The molecule has 0 aromatic heterocycles. The molecule has 9 heteroatoms. The Labute approximate surface area is 193 Å². The summed E-state index contributed by atoms with van der Waals surface area (Å²) in [5.74, 6) is 0. The molecule has 2 aliphatic rings. The van der Waals surface area contributed by atoms with Gasteiger partial charge in [0, 0.05) is 28.5 Å². The zero-order valence-electron chi connectivity index (χ0n) is 18.2. The highest BCUT2D eigenvalue weighted by Gasteiger charge is 2.44. The largest absolute Gasteiger partial charge is 0.475 e. The highest BCUT2D eigenvalue weighted by atomic mass is 31.2. The van der Waals surface area contributed by atoms with E-state index in [1.807, 2.05) is 48.5 Å². The van der Waals surface area contributed by atoms with E-state index in [-0.39, 0.29) is 44.2 Å². The van der Waals surface area contributed by atoms with Crippen molar-refractivity contribution >= 4 is 24.3 Å². The second kappa shape index (κ2) is 10.3. The highest BCUT2D eigenvalue weighted by Crippen LogP contribution is 2.54. The first-order valence-electron chi connectivity index (χ1n) is 11.1. The summed E-state index contributed by atoms with van der Waals surface area (Å²) in [7, 11) is -3.87. The molecular weight excluding hydrogens is 439 g/mol. The summed E-state index contributed by atoms with van der Waals surface area (Å²) in [5.41, 5.74) is 1.76. The Bertz CT molecular complexity index is 1140. The predicted octanol–water partition coefficient (Wildman–Crippen LogP) is 5.20. The molecule has 0 saturated carbocycles. The fraction of sp³-hybridized carbons (Fsp3) is 0.458. The number of hydrogen-bond acceptors (Lipinski definition) is 8. The van der Waals surface area contributed by atoms with Gasteiger partial charge in [-0.3, -0.25) is 13.6 Å². The maximum Gasteiger partial charge on any atom is 0.475 e. The topological polar surface area (TPSA) is 119 Å². The van der Waals surface area contributed by atoms with E-state index in [0.29, 0.717) is 18.4 Å². The number of nitrogens with zero attached hydrogens (tertiary/aromatic N) is 4. The maximum atomic E-state index is 13.1. The van der Waals surface area contributed by atoms with E-state index in [2.05, 4.69) is 11.0 Å². The standard InChI is InChI=1S/C24H25N4O4P/c25-11-3-13-30-33(29,31-14-4-12-26)32-21-15-19-8-9-20(16-21)28(19)24-10-7-18(17-27)22-5-1-2-6-23(22)24/h1-2,5-7,10,19-21H,3-4,8-9,13-16H2/t19-,20+,21+. The highest BCUT2D eigenvalue weighted by molar-refractivity contribution is 7.48. The molecule has 4 rings (SSSR count). The lowest BCUT2D eigenvalue weighted by Gasteiger charge is -2.41. The number of nitriles is 3. The van der Waals surface area contributed by atoms with Crippen LogP contribution in [0.3, 0.4) is 0 Å². The normalized spacial score (nSPS) is 22.0. The minimum atomic E-state index is -3.87. The number of benzene rings is 2. The van der Waals surface area contributed by atoms with Crippen molar-refractivity contribution in [1.29, 1.82) is 15.8 Å². The van der Waals surface area contributed by atoms with Crippen LogP contribution < -0.4 is 4.90 Å². The monoisotopic (exact) mass is 464 g/mol. The first kappa shape index (κ1) is 23.2. The summed E-state index contributed by atoms with van der Waals surface area (Å²) >= 11 is 0. The zero-order chi connectivity index (χ0) is 23.3. The van der Waals surface area contributed by atoms with Crippen LogP contribution in [0.1, 0.15) is 44.1 Å².